The molecule has 0 radical (unpaired) electrons. The molecule has 2 aliphatic rings. The topological polar surface area (TPSA) is 64.8 Å². The number of hydrogen-bond donors (Lipinski definition) is 1. The van der Waals surface area contributed by atoms with E-state index in [0.717, 1.165) is 38.8 Å². The fraction of sp³-hybridized carbons (Fsp3) is 0.929. The maximum Gasteiger partial charge on any atom is 0.230 e. The highest BCUT2D eigenvalue weighted by atomic mass is 16.5. The van der Waals surface area contributed by atoms with E-state index in [1.807, 2.05) is 11.8 Å². The molecule has 2 fully saturated rings. The lowest BCUT2D eigenvalue weighted by molar-refractivity contribution is -0.151. The summed E-state index contributed by atoms with van der Waals surface area (Å²) in [6, 6.07) is 0. The van der Waals surface area contributed by atoms with Gasteiger partial charge >= 0.3 is 0 Å². The summed E-state index contributed by atoms with van der Waals surface area (Å²) in [5.74, 6) is 0.211. The molecule has 19 heavy (non-hydrogen) atoms. The minimum absolute atomic E-state index is 0.192. The normalized spacial score (nSPS) is 27.3. The van der Waals surface area contributed by atoms with Crippen molar-refractivity contribution in [1.82, 2.24) is 4.90 Å². The van der Waals surface area contributed by atoms with Crippen LogP contribution in [-0.2, 0) is 14.3 Å². The van der Waals surface area contributed by atoms with Crippen LogP contribution in [0.1, 0.15) is 32.6 Å². The summed E-state index contributed by atoms with van der Waals surface area (Å²) >= 11 is 0. The number of nitrogens with two attached hydrogens (primary N) is 1. The highest BCUT2D eigenvalue weighted by molar-refractivity contribution is 5.83. The lowest BCUT2D eigenvalue weighted by Gasteiger charge is -2.41. The highest BCUT2D eigenvalue weighted by Crippen LogP contribution is 2.32. The van der Waals surface area contributed by atoms with Gasteiger partial charge < -0.3 is 20.1 Å². The van der Waals surface area contributed by atoms with Gasteiger partial charge in [0, 0.05) is 39.5 Å². The molecule has 0 spiro atoms. The molecule has 1 atom stereocenters. The van der Waals surface area contributed by atoms with Crippen LogP contribution in [0.5, 0.6) is 0 Å². The maximum absolute atomic E-state index is 12.8. The third-order valence-electron chi connectivity index (χ3n) is 4.36. The number of amides is 1. The fourth-order valence-corrected chi connectivity index (χ4v) is 3.10. The summed E-state index contributed by atoms with van der Waals surface area (Å²) in [6.07, 6.45) is 3.76. The van der Waals surface area contributed by atoms with Crippen molar-refractivity contribution >= 4 is 5.91 Å². The number of nitrogens with zero attached hydrogens (tertiary/aromatic N) is 1. The van der Waals surface area contributed by atoms with Crippen LogP contribution in [0.2, 0.25) is 0 Å². The van der Waals surface area contributed by atoms with Gasteiger partial charge in [0.1, 0.15) is 0 Å². The van der Waals surface area contributed by atoms with Crippen LogP contribution in [0.3, 0.4) is 0 Å². The molecule has 0 saturated carbocycles. The zero-order valence-electron chi connectivity index (χ0n) is 11.9. The Kier molecular flexibility index (Phi) is 5.19. The molecule has 2 heterocycles. The first-order chi connectivity index (χ1) is 9.22. The first kappa shape index (κ1) is 14.8. The van der Waals surface area contributed by atoms with E-state index in [9.17, 15) is 4.79 Å². The molecule has 2 saturated heterocycles. The minimum Gasteiger partial charge on any atom is -0.381 e. The standard InChI is InChI=1S/C14H26N2O3/c1-2-19-12-4-3-7-16(10-12)13(17)14(11-15)5-8-18-9-6-14/h12H,2-11,15H2,1H3/t12-/m0/s1. The number of carbonyl (C=O) groups is 1. The first-order valence-electron chi connectivity index (χ1n) is 7.40. The molecule has 0 unspecified atom stereocenters. The smallest absolute Gasteiger partial charge is 0.230 e. The van der Waals surface area contributed by atoms with Gasteiger partial charge in [0.2, 0.25) is 5.91 Å². The average molecular weight is 270 g/mol. The summed E-state index contributed by atoms with van der Waals surface area (Å²) in [4.78, 5) is 14.8. The number of ether oxygens (including phenoxy) is 2. The van der Waals surface area contributed by atoms with Crippen LogP contribution in [0.15, 0.2) is 0 Å². The minimum atomic E-state index is -0.396. The third-order valence-corrected chi connectivity index (χ3v) is 4.36. The lowest BCUT2D eigenvalue weighted by Crippen LogP contribution is -2.54. The van der Waals surface area contributed by atoms with Crippen LogP contribution in [0.25, 0.3) is 0 Å². The Hall–Kier alpha value is -0.650. The van der Waals surface area contributed by atoms with Crippen LogP contribution in [-0.4, -0.2) is 56.4 Å². The van der Waals surface area contributed by atoms with E-state index in [2.05, 4.69) is 0 Å². The quantitative estimate of drug-likeness (QED) is 0.819. The Labute approximate surface area is 115 Å². The van der Waals surface area contributed by atoms with Gasteiger partial charge in [-0.1, -0.05) is 0 Å². The summed E-state index contributed by atoms with van der Waals surface area (Å²) in [5.41, 5.74) is 5.51. The molecule has 0 aromatic rings. The molecule has 0 aromatic carbocycles. The number of carbonyl (C=O) groups excluding carboxylic acids is 1. The van der Waals surface area contributed by atoms with Gasteiger partial charge in [-0.05, 0) is 32.6 Å². The van der Waals surface area contributed by atoms with Crippen molar-refractivity contribution in [3.05, 3.63) is 0 Å². The molecule has 1 amide bonds. The van der Waals surface area contributed by atoms with Crippen LogP contribution in [0, 0.1) is 5.41 Å². The Bertz CT molecular complexity index is 301. The molecule has 110 valence electrons. The van der Waals surface area contributed by atoms with E-state index in [-0.39, 0.29) is 12.0 Å². The van der Waals surface area contributed by atoms with Crippen molar-refractivity contribution < 1.29 is 14.3 Å². The van der Waals surface area contributed by atoms with E-state index < -0.39 is 5.41 Å². The molecule has 0 aromatic heterocycles. The average Bonchev–Trinajstić information content (AvgIpc) is 2.48. The zero-order valence-corrected chi connectivity index (χ0v) is 11.9. The van der Waals surface area contributed by atoms with Crippen LogP contribution >= 0.6 is 0 Å². The predicted octanol–water partition coefficient (Wildman–Crippen LogP) is 0.769. The van der Waals surface area contributed by atoms with Gasteiger partial charge in [-0.3, -0.25) is 4.79 Å². The summed E-state index contributed by atoms with van der Waals surface area (Å²) in [6.45, 7) is 5.98. The van der Waals surface area contributed by atoms with Gasteiger partial charge in [0.15, 0.2) is 0 Å². The van der Waals surface area contributed by atoms with Gasteiger partial charge in [-0.15, -0.1) is 0 Å². The van der Waals surface area contributed by atoms with Gasteiger partial charge in [-0.25, -0.2) is 0 Å². The lowest BCUT2D eigenvalue weighted by atomic mass is 9.78. The summed E-state index contributed by atoms with van der Waals surface area (Å²) < 4.78 is 11.0. The Morgan fingerprint density at radius 1 is 1.47 bits per heavy atom. The Balaban J connectivity index is 2.00. The monoisotopic (exact) mass is 270 g/mol. The first-order valence-corrected chi connectivity index (χ1v) is 7.40. The zero-order chi connectivity index (χ0) is 13.7. The number of likely N-dealkylation sites (tertiary alicyclic amines) is 1. The second-order valence-corrected chi connectivity index (χ2v) is 5.57. The van der Waals surface area contributed by atoms with Gasteiger partial charge in [-0.2, -0.15) is 0 Å². The van der Waals surface area contributed by atoms with E-state index in [1.165, 1.54) is 0 Å². The van der Waals surface area contributed by atoms with Crippen LogP contribution < -0.4 is 5.73 Å². The molecule has 2 N–H and O–H groups in total. The van der Waals surface area contributed by atoms with Crippen molar-refractivity contribution in [1.29, 1.82) is 0 Å². The second-order valence-electron chi connectivity index (χ2n) is 5.57. The summed E-state index contributed by atoms with van der Waals surface area (Å²) in [7, 11) is 0. The van der Waals surface area contributed by atoms with Crippen molar-refractivity contribution in [3.8, 4) is 0 Å². The molecule has 2 aliphatic heterocycles. The van der Waals surface area contributed by atoms with Gasteiger partial charge in [0.25, 0.3) is 0 Å². The van der Waals surface area contributed by atoms with E-state index >= 15 is 0 Å². The second kappa shape index (κ2) is 6.68. The largest absolute Gasteiger partial charge is 0.381 e. The predicted molar refractivity (Wildman–Crippen MR) is 72.8 cm³/mol. The molecule has 0 aliphatic carbocycles. The molecular formula is C14H26N2O3. The molecule has 5 nitrogen and oxygen atoms in total. The van der Waals surface area contributed by atoms with Crippen LogP contribution in [0.4, 0.5) is 0 Å². The Morgan fingerprint density at radius 3 is 2.84 bits per heavy atom. The number of piperidine rings is 1. The number of rotatable bonds is 4. The highest BCUT2D eigenvalue weighted by Gasteiger charge is 2.42. The molecule has 5 heteroatoms. The SMILES string of the molecule is CCO[C@H]1CCCN(C(=O)C2(CN)CCOCC2)C1. The van der Waals surface area contributed by atoms with E-state index in [4.69, 9.17) is 15.2 Å². The van der Waals surface area contributed by atoms with Crippen molar-refractivity contribution in [2.24, 2.45) is 11.1 Å². The van der Waals surface area contributed by atoms with Crippen molar-refractivity contribution in [2.75, 3.05) is 39.5 Å². The fourth-order valence-electron chi connectivity index (χ4n) is 3.10. The number of hydrogen-bond acceptors (Lipinski definition) is 4. The maximum atomic E-state index is 12.8. The van der Waals surface area contributed by atoms with Gasteiger partial charge in [0.05, 0.1) is 11.5 Å². The third kappa shape index (κ3) is 3.27. The van der Waals surface area contributed by atoms with Crippen molar-refractivity contribution in [3.63, 3.8) is 0 Å². The summed E-state index contributed by atoms with van der Waals surface area (Å²) in [5, 5.41) is 0. The van der Waals surface area contributed by atoms with E-state index in [1.54, 1.807) is 0 Å². The van der Waals surface area contributed by atoms with E-state index in [0.29, 0.717) is 26.4 Å². The van der Waals surface area contributed by atoms with Crippen molar-refractivity contribution in [2.45, 2.75) is 38.7 Å². The molecule has 2 rings (SSSR count). The molecule has 0 bridgehead atoms. The molecular weight excluding hydrogens is 244 g/mol. The Morgan fingerprint density at radius 2 is 2.21 bits per heavy atom.